The minimum Gasteiger partial charge on any atom is -0.494 e. The second-order valence-electron chi connectivity index (χ2n) is 9.22. The van der Waals surface area contributed by atoms with Crippen molar-refractivity contribution in [3.63, 3.8) is 0 Å². The molecule has 0 saturated heterocycles. The van der Waals surface area contributed by atoms with Gasteiger partial charge in [-0.25, -0.2) is 4.68 Å². The van der Waals surface area contributed by atoms with E-state index in [0.717, 1.165) is 11.9 Å². The van der Waals surface area contributed by atoms with Gasteiger partial charge in [-0.2, -0.15) is 0 Å². The quantitative estimate of drug-likeness (QED) is 0.321. The van der Waals surface area contributed by atoms with Crippen LogP contribution in [0.3, 0.4) is 0 Å². The Labute approximate surface area is 217 Å². The fourth-order valence-corrected chi connectivity index (χ4v) is 4.20. The van der Waals surface area contributed by atoms with Gasteiger partial charge in [0.05, 0.1) is 12.1 Å². The predicted molar refractivity (Wildman–Crippen MR) is 144 cm³/mol. The van der Waals surface area contributed by atoms with Crippen molar-refractivity contribution in [1.29, 1.82) is 0 Å². The molecule has 1 aromatic heterocycles. The number of hydrogen-bond donors (Lipinski definition) is 1. The molecule has 4 rings (SSSR count). The van der Waals surface area contributed by atoms with Gasteiger partial charge in [-0.15, -0.1) is 5.10 Å². The lowest BCUT2D eigenvalue weighted by Gasteiger charge is -2.32. The smallest absolute Gasteiger partial charge is 0.249 e. The zero-order valence-corrected chi connectivity index (χ0v) is 21.5. The Hall–Kier alpha value is -4.20. The highest BCUT2D eigenvalue weighted by atomic mass is 16.5. The molecule has 4 aromatic rings. The van der Waals surface area contributed by atoms with Crippen molar-refractivity contribution < 1.29 is 14.3 Å². The van der Waals surface area contributed by atoms with Crippen LogP contribution in [0, 0.1) is 5.92 Å². The molecule has 8 nitrogen and oxygen atoms in total. The first-order valence-corrected chi connectivity index (χ1v) is 12.6. The molecular weight excluding hydrogens is 466 g/mol. The van der Waals surface area contributed by atoms with Gasteiger partial charge in [-0.3, -0.25) is 14.5 Å². The van der Waals surface area contributed by atoms with E-state index in [0.29, 0.717) is 41.6 Å². The maximum Gasteiger partial charge on any atom is 0.249 e. The average Bonchev–Trinajstić information content (AvgIpc) is 3.30. The highest BCUT2D eigenvalue weighted by Crippen LogP contribution is 2.31. The van der Waals surface area contributed by atoms with Gasteiger partial charge in [0.15, 0.2) is 0 Å². The third-order valence-electron chi connectivity index (χ3n) is 6.02. The summed E-state index contributed by atoms with van der Waals surface area (Å²) in [7, 11) is 0. The van der Waals surface area contributed by atoms with E-state index in [1.807, 2.05) is 79.7 Å². The van der Waals surface area contributed by atoms with Gasteiger partial charge < -0.3 is 10.1 Å². The van der Waals surface area contributed by atoms with Crippen molar-refractivity contribution in [2.24, 2.45) is 5.92 Å². The zero-order chi connectivity index (χ0) is 26.2. The lowest BCUT2D eigenvalue weighted by molar-refractivity contribution is -0.127. The molecule has 1 heterocycles. The Bertz CT molecular complexity index is 1340. The van der Waals surface area contributed by atoms with Crippen molar-refractivity contribution in [3.8, 4) is 5.75 Å². The number of nitrogens with one attached hydrogen (secondary N) is 1. The molecule has 0 bridgehead atoms. The van der Waals surface area contributed by atoms with Crippen molar-refractivity contribution in [1.82, 2.24) is 20.3 Å². The van der Waals surface area contributed by atoms with Crippen molar-refractivity contribution in [3.05, 3.63) is 84.4 Å². The van der Waals surface area contributed by atoms with E-state index in [2.05, 4.69) is 29.5 Å². The molecule has 8 heteroatoms. The first kappa shape index (κ1) is 25.9. The zero-order valence-electron chi connectivity index (χ0n) is 21.5. The van der Waals surface area contributed by atoms with Gasteiger partial charge >= 0.3 is 0 Å². The number of benzene rings is 3. The van der Waals surface area contributed by atoms with E-state index in [1.165, 1.54) is 0 Å². The molecule has 3 aromatic carbocycles. The van der Waals surface area contributed by atoms with Crippen LogP contribution in [0.5, 0.6) is 5.75 Å². The minimum absolute atomic E-state index is 0.0814. The van der Waals surface area contributed by atoms with Gasteiger partial charge in [0.2, 0.25) is 11.8 Å². The van der Waals surface area contributed by atoms with E-state index in [1.54, 1.807) is 15.6 Å². The molecular formula is C29H33N5O3. The molecule has 0 aliphatic rings. The third kappa shape index (κ3) is 6.33. The topological polar surface area (TPSA) is 89.3 Å². The number of nitrogens with zero attached hydrogens (tertiary/aromatic N) is 4. The number of amides is 2. The van der Waals surface area contributed by atoms with Crippen molar-refractivity contribution in [2.45, 2.75) is 39.8 Å². The minimum atomic E-state index is -0.882. The molecule has 37 heavy (non-hydrogen) atoms. The van der Waals surface area contributed by atoms with Gasteiger partial charge in [0.1, 0.15) is 23.9 Å². The average molecular weight is 500 g/mol. The Morgan fingerprint density at radius 1 is 1.00 bits per heavy atom. The number of anilines is 1. The second kappa shape index (κ2) is 12.2. The lowest BCUT2D eigenvalue weighted by Crippen LogP contribution is -2.45. The summed E-state index contributed by atoms with van der Waals surface area (Å²) in [5.74, 6) is 0.523. The second-order valence-corrected chi connectivity index (χ2v) is 9.22. The number of rotatable bonds is 11. The number of ether oxygens (including phenoxy) is 1. The van der Waals surface area contributed by atoms with Crippen LogP contribution in [0.25, 0.3) is 11.0 Å². The first-order chi connectivity index (χ1) is 18.0. The largest absolute Gasteiger partial charge is 0.494 e. The fraction of sp³-hybridized carbons (Fsp3) is 0.310. The van der Waals surface area contributed by atoms with Crippen LogP contribution in [-0.4, -0.2) is 40.0 Å². The molecule has 192 valence electrons. The van der Waals surface area contributed by atoms with E-state index < -0.39 is 6.04 Å². The van der Waals surface area contributed by atoms with Crippen LogP contribution < -0.4 is 15.0 Å². The number of carbonyl (C=O) groups is 2. The highest BCUT2D eigenvalue weighted by Gasteiger charge is 2.33. The summed E-state index contributed by atoms with van der Waals surface area (Å²) in [5.41, 5.74) is 2.72. The summed E-state index contributed by atoms with van der Waals surface area (Å²) in [6.07, 6.45) is 0.839. The van der Waals surface area contributed by atoms with Gasteiger partial charge in [-0.05, 0) is 49.1 Å². The van der Waals surface area contributed by atoms with Gasteiger partial charge in [0.25, 0.3) is 0 Å². The van der Waals surface area contributed by atoms with Crippen LogP contribution in [0.1, 0.15) is 38.8 Å². The standard InChI is InChI=1S/C29H33N5O3/c1-4-37-24-14-10-13-23(19-24)34(27(35)20-33-26-16-9-8-15-25(26)31-32-33)28(22-11-6-5-7-12-22)29(36)30-18-17-21(2)3/h5-16,19,21,28H,4,17-18,20H2,1-3H3,(H,30,36)/t28-/m0/s1. The molecule has 0 aliphatic carbocycles. The van der Waals surface area contributed by atoms with E-state index in [-0.39, 0.29) is 18.4 Å². The fourth-order valence-electron chi connectivity index (χ4n) is 4.20. The lowest BCUT2D eigenvalue weighted by atomic mass is 10.0. The van der Waals surface area contributed by atoms with Crippen LogP contribution in [0.2, 0.25) is 0 Å². The molecule has 0 fully saturated rings. The molecule has 0 radical (unpaired) electrons. The monoisotopic (exact) mass is 499 g/mol. The molecule has 0 saturated carbocycles. The number of hydrogen-bond acceptors (Lipinski definition) is 5. The molecule has 0 spiro atoms. The SMILES string of the molecule is CCOc1cccc(N(C(=O)Cn2nnc3ccccc32)[C@H](C(=O)NCCC(C)C)c2ccccc2)c1. The molecule has 2 amide bonds. The number of aromatic nitrogens is 3. The summed E-state index contributed by atoms with van der Waals surface area (Å²) >= 11 is 0. The summed E-state index contributed by atoms with van der Waals surface area (Å²) < 4.78 is 7.28. The number of carbonyl (C=O) groups excluding carboxylic acids is 2. The van der Waals surface area contributed by atoms with Crippen LogP contribution in [0.15, 0.2) is 78.9 Å². The van der Waals surface area contributed by atoms with Gasteiger partial charge in [0, 0.05) is 18.3 Å². The summed E-state index contributed by atoms with van der Waals surface area (Å²) in [5, 5.41) is 11.4. The van der Waals surface area contributed by atoms with Crippen LogP contribution in [0.4, 0.5) is 5.69 Å². The summed E-state index contributed by atoms with van der Waals surface area (Å²) in [6.45, 7) is 7.05. The number of para-hydroxylation sites is 1. The predicted octanol–water partition coefficient (Wildman–Crippen LogP) is 4.77. The molecule has 1 atom stereocenters. The maximum absolute atomic E-state index is 14.0. The van der Waals surface area contributed by atoms with Crippen molar-refractivity contribution >= 4 is 28.5 Å². The van der Waals surface area contributed by atoms with E-state index in [4.69, 9.17) is 4.74 Å². The third-order valence-corrected chi connectivity index (χ3v) is 6.02. The van der Waals surface area contributed by atoms with Crippen LogP contribution >= 0.6 is 0 Å². The molecule has 0 aliphatic heterocycles. The first-order valence-electron chi connectivity index (χ1n) is 12.6. The summed E-state index contributed by atoms with van der Waals surface area (Å²) in [6, 6.07) is 23.2. The highest BCUT2D eigenvalue weighted by molar-refractivity contribution is 6.01. The maximum atomic E-state index is 14.0. The Kier molecular flexibility index (Phi) is 8.51. The summed E-state index contributed by atoms with van der Waals surface area (Å²) in [4.78, 5) is 29.3. The van der Waals surface area contributed by atoms with Crippen molar-refractivity contribution in [2.75, 3.05) is 18.1 Å². The normalized spacial score (nSPS) is 11.9. The Morgan fingerprint density at radius 2 is 1.76 bits per heavy atom. The molecule has 1 N–H and O–H groups in total. The van der Waals surface area contributed by atoms with Crippen LogP contribution in [-0.2, 0) is 16.1 Å². The molecule has 0 unspecified atom stereocenters. The van der Waals surface area contributed by atoms with E-state index in [9.17, 15) is 9.59 Å². The van der Waals surface area contributed by atoms with Gasteiger partial charge in [-0.1, -0.05) is 67.6 Å². The number of fused-ring (bicyclic) bond motifs is 1. The Morgan fingerprint density at radius 3 is 2.51 bits per heavy atom. The Balaban J connectivity index is 1.76. The van der Waals surface area contributed by atoms with E-state index >= 15 is 0 Å².